The molecule has 0 aromatic carbocycles. The number of fused-ring (bicyclic) bond motifs is 1. The number of aryl methyl sites for hydroxylation is 1. The maximum atomic E-state index is 6.19. The molecule has 1 atom stereocenters. The second-order valence-corrected chi connectivity index (χ2v) is 6.39. The topological polar surface area (TPSA) is 77.8 Å². The summed E-state index contributed by atoms with van der Waals surface area (Å²) in [5.74, 6) is 1.68. The molecule has 1 aromatic rings. The number of nitrogens with two attached hydrogens (primary N) is 2. The van der Waals surface area contributed by atoms with Crippen LogP contribution in [0.25, 0.3) is 0 Å². The van der Waals surface area contributed by atoms with Crippen molar-refractivity contribution in [3.63, 3.8) is 0 Å². The molecule has 1 fully saturated rings. The van der Waals surface area contributed by atoms with Gasteiger partial charge in [-0.05, 0) is 38.0 Å². The van der Waals surface area contributed by atoms with Crippen molar-refractivity contribution in [2.75, 3.05) is 11.5 Å². The van der Waals surface area contributed by atoms with E-state index in [-0.39, 0.29) is 5.41 Å². The average Bonchev–Trinajstić information content (AvgIpc) is 2.39. The van der Waals surface area contributed by atoms with Gasteiger partial charge in [-0.3, -0.25) is 0 Å². The first-order valence-corrected chi connectivity index (χ1v) is 7.53. The summed E-state index contributed by atoms with van der Waals surface area (Å²) in [6.07, 6.45) is 10.1. The second-order valence-electron chi connectivity index (χ2n) is 6.39. The van der Waals surface area contributed by atoms with E-state index in [1.807, 2.05) is 0 Å². The molecule has 0 amide bonds. The van der Waals surface area contributed by atoms with Crippen molar-refractivity contribution in [2.45, 2.75) is 63.7 Å². The van der Waals surface area contributed by atoms with E-state index in [1.165, 1.54) is 50.5 Å². The lowest BCUT2D eigenvalue weighted by Crippen LogP contribution is -2.38. The standard InChI is InChI=1S/C15H24N4/c1-15(10-6-3-2-4-7-10)9-5-8-11-12(15)13(16)19-14(17)18-11/h10H,2-9H2,1H3,(H4,16,17,18,19). The van der Waals surface area contributed by atoms with Gasteiger partial charge in [0.05, 0.1) is 5.69 Å². The molecule has 3 rings (SSSR count). The maximum Gasteiger partial charge on any atom is 0.222 e. The highest BCUT2D eigenvalue weighted by atomic mass is 15.0. The zero-order chi connectivity index (χ0) is 13.5. The van der Waals surface area contributed by atoms with Crippen LogP contribution in [-0.4, -0.2) is 9.97 Å². The number of hydrogen-bond acceptors (Lipinski definition) is 4. The minimum Gasteiger partial charge on any atom is -0.383 e. The largest absolute Gasteiger partial charge is 0.383 e. The van der Waals surface area contributed by atoms with E-state index in [4.69, 9.17) is 11.5 Å². The molecule has 0 radical (unpaired) electrons. The van der Waals surface area contributed by atoms with Gasteiger partial charge in [-0.1, -0.05) is 26.2 Å². The molecule has 4 nitrogen and oxygen atoms in total. The molecular weight excluding hydrogens is 236 g/mol. The van der Waals surface area contributed by atoms with Gasteiger partial charge in [0.2, 0.25) is 5.95 Å². The van der Waals surface area contributed by atoms with Gasteiger partial charge < -0.3 is 11.5 Å². The minimum atomic E-state index is 0.159. The van der Waals surface area contributed by atoms with E-state index in [0.717, 1.165) is 18.0 Å². The predicted molar refractivity (Wildman–Crippen MR) is 77.7 cm³/mol. The number of rotatable bonds is 1. The van der Waals surface area contributed by atoms with Crippen molar-refractivity contribution >= 4 is 11.8 Å². The van der Waals surface area contributed by atoms with Crippen LogP contribution >= 0.6 is 0 Å². The molecule has 104 valence electrons. The molecular formula is C15H24N4. The summed E-state index contributed by atoms with van der Waals surface area (Å²) in [6.45, 7) is 2.37. The van der Waals surface area contributed by atoms with Gasteiger partial charge in [-0.15, -0.1) is 0 Å². The van der Waals surface area contributed by atoms with Crippen molar-refractivity contribution < 1.29 is 0 Å². The van der Waals surface area contributed by atoms with Crippen LogP contribution in [0.1, 0.15) is 63.1 Å². The van der Waals surface area contributed by atoms with E-state index in [2.05, 4.69) is 16.9 Å². The summed E-state index contributed by atoms with van der Waals surface area (Å²) in [5, 5.41) is 0. The lowest BCUT2D eigenvalue weighted by atomic mass is 9.61. The quantitative estimate of drug-likeness (QED) is 0.814. The van der Waals surface area contributed by atoms with Crippen LogP contribution in [0, 0.1) is 5.92 Å². The molecule has 4 N–H and O–H groups in total. The predicted octanol–water partition coefficient (Wildman–Crippen LogP) is 2.82. The minimum absolute atomic E-state index is 0.159. The molecule has 19 heavy (non-hydrogen) atoms. The van der Waals surface area contributed by atoms with E-state index >= 15 is 0 Å². The van der Waals surface area contributed by atoms with Crippen LogP contribution in [0.2, 0.25) is 0 Å². The monoisotopic (exact) mass is 260 g/mol. The third-order valence-electron chi connectivity index (χ3n) is 5.22. The molecule has 2 aliphatic rings. The highest BCUT2D eigenvalue weighted by Crippen LogP contribution is 2.49. The summed E-state index contributed by atoms with van der Waals surface area (Å²) in [7, 11) is 0. The van der Waals surface area contributed by atoms with Gasteiger partial charge in [-0.2, -0.15) is 4.98 Å². The summed E-state index contributed by atoms with van der Waals surface area (Å²) < 4.78 is 0. The number of nitrogen functional groups attached to an aromatic ring is 2. The lowest BCUT2D eigenvalue weighted by Gasteiger charge is -2.44. The smallest absolute Gasteiger partial charge is 0.222 e. The van der Waals surface area contributed by atoms with E-state index in [9.17, 15) is 0 Å². The fourth-order valence-electron chi connectivity index (χ4n) is 4.25. The number of anilines is 2. The van der Waals surface area contributed by atoms with Crippen LogP contribution in [0.4, 0.5) is 11.8 Å². The first kappa shape index (κ1) is 12.7. The summed E-state index contributed by atoms with van der Waals surface area (Å²) in [6, 6.07) is 0. The third kappa shape index (κ3) is 2.07. The van der Waals surface area contributed by atoms with Crippen molar-refractivity contribution in [1.82, 2.24) is 9.97 Å². The highest BCUT2D eigenvalue weighted by molar-refractivity contribution is 5.51. The average molecular weight is 260 g/mol. The molecule has 1 unspecified atom stereocenters. The third-order valence-corrected chi connectivity index (χ3v) is 5.22. The van der Waals surface area contributed by atoms with Crippen molar-refractivity contribution in [2.24, 2.45) is 5.92 Å². The first-order chi connectivity index (χ1) is 9.11. The number of nitrogens with zero attached hydrogens (tertiary/aromatic N) is 2. The fraction of sp³-hybridized carbons (Fsp3) is 0.733. The molecule has 4 heteroatoms. The fourth-order valence-corrected chi connectivity index (χ4v) is 4.25. The van der Waals surface area contributed by atoms with Crippen molar-refractivity contribution in [3.05, 3.63) is 11.3 Å². The SMILES string of the molecule is CC1(C2CCCCC2)CCCc2nc(N)nc(N)c21. The van der Waals surface area contributed by atoms with E-state index in [1.54, 1.807) is 0 Å². The van der Waals surface area contributed by atoms with Crippen LogP contribution in [0.5, 0.6) is 0 Å². The molecule has 1 saturated carbocycles. The Morgan fingerprint density at radius 2 is 1.79 bits per heavy atom. The Balaban J connectivity index is 2.05. The van der Waals surface area contributed by atoms with E-state index in [0.29, 0.717) is 11.8 Å². The van der Waals surface area contributed by atoms with Crippen LogP contribution in [-0.2, 0) is 11.8 Å². The van der Waals surface area contributed by atoms with E-state index < -0.39 is 0 Å². The van der Waals surface area contributed by atoms with Gasteiger partial charge >= 0.3 is 0 Å². The Kier molecular flexibility index (Phi) is 3.11. The maximum absolute atomic E-state index is 6.19. The van der Waals surface area contributed by atoms with Gasteiger partial charge in [0.15, 0.2) is 0 Å². The molecule has 2 aliphatic carbocycles. The summed E-state index contributed by atoms with van der Waals surface area (Å²) >= 11 is 0. The molecule has 1 heterocycles. The summed E-state index contributed by atoms with van der Waals surface area (Å²) in [4.78, 5) is 8.67. The van der Waals surface area contributed by atoms with Crippen molar-refractivity contribution in [3.8, 4) is 0 Å². The second kappa shape index (κ2) is 4.66. The Morgan fingerprint density at radius 3 is 2.53 bits per heavy atom. The number of aromatic nitrogens is 2. The molecule has 0 saturated heterocycles. The van der Waals surface area contributed by atoms with Crippen LogP contribution < -0.4 is 11.5 Å². The first-order valence-electron chi connectivity index (χ1n) is 7.53. The molecule has 0 bridgehead atoms. The Morgan fingerprint density at radius 1 is 1.05 bits per heavy atom. The Hall–Kier alpha value is -1.32. The van der Waals surface area contributed by atoms with Crippen LogP contribution in [0.3, 0.4) is 0 Å². The van der Waals surface area contributed by atoms with Gasteiger partial charge in [0.25, 0.3) is 0 Å². The molecule has 0 spiro atoms. The Labute approximate surface area is 115 Å². The molecule has 1 aromatic heterocycles. The lowest BCUT2D eigenvalue weighted by molar-refractivity contribution is 0.193. The summed E-state index contributed by atoms with van der Waals surface area (Å²) in [5.41, 5.74) is 14.4. The van der Waals surface area contributed by atoms with Gasteiger partial charge in [-0.25, -0.2) is 4.98 Å². The van der Waals surface area contributed by atoms with Crippen LogP contribution in [0.15, 0.2) is 0 Å². The van der Waals surface area contributed by atoms with Gasteiger partial charge in [0, 0.05) is 11.0 Å². The highest BCUT2D eigenvalue weighted by Gasteiger charge is 2.42. The number of hydrogen-bond donors (Lipinski definition) is 2. The zero-order valence-electron chi connectivity index (χ0n) is 11.8. The Bertz CT molecular complexity index is 479. The molecule has 0 aliphatic heterocycles. The van der Waals surface area contributed by atoms with Crippen molar-refractivity contribution in [1.29, 1.82) is 0 Å². The normalized spacial score (nSPS) is 28.1. The van der Waals surface area contributed by atoms with Gasteiger partial charge in [0.1, 0.15) is 5.82 Å². The zero-order valence-corrected chi connectivity index (χ0v) is 11.8.